The monoisotopic (exact) mass is 267 g/mol. The molecule has 1 saturated heterocycles. The lowest BCUT2D eigenvalue weighted by Gasteiger charge is -2.39. The van der Waals surface area contributed by atoms with E-state index in [-0.39, 0.29) is 11.6 Å². The Morgan fingerprint density at radius 3 is 2.61 bits per heavy atom. The van der Waals surface area contributed by atoms with Crippen LogP contribution in [0.1, 0.15) is 38.5 Å². The molecule has 106 valence electrons. The highest BCUT2D eigenvalue weighted by atomic mass is 19.4. The van der Waals surface area contributed by atoms with E-state index in [9.17, 15) is 13.2 Å². The molecular formula is C12H20F3NO2. The van der Waals surface area contributed by atoms with E-state index in [1.165, 1.54) is 0 Å². The molecule has 2 aliphatic rings. The standard InChI is InChI=1S/C12H20F3NO2/c13-12(14,15)10(17)8-16-9-3-6-18-11(7-9)4-1-2-5-11/h9-10,16-17H,1-8H2. The second-order valence-electron chi connectivity index (χ2n) is 5.39. The Balaban J connectivity index is 1.79. The number of ether oxygens (including phenoxy) is 1. The second-order valence-corrected chi connectivity index (χ2v) is 5.39. The predicted octanol–water partition coefficient (Wildman–Crippen LogP) is 1.99. The van der Waals surface area contributed by atoms with Gasteiger partial charge in [-0.2, -0.15) is 13.2 Å². The molecule has 1 aliphatic carbocycles. The Morgan fingerprint density at radius 1 is 1.33 bits per heavy atom. The van der Waals surface area contributed by atoms with E-state index >= 15 is 0 Å². The molecule has 3 nitrogen and oxygen atoms in total. The molecule has 2 N–H and O–H groups in total. The summed E-state index contributed by atoms with van der Waals surface area (Å²) in [6, 6.07) is 0.0221. The summed E-state index contributed by atoms with van der Waals surface area (Å²) in [4.78, 5) is 0. The normalized spacial score (nSPS) is 29.7. The maximum Gasteiger partial charge on any atom is 0.415 e. The number of aliphatic hydroxyl groups excluding tert-OH is 1. The van der Waals surface area contributed by atoms with E-state index in [1.807, 2.05) is 0 Å². The van der Waals surface area contributed by atoms with Gasteiger partial charge in [-0.1, -0.05) is 12.8 Å². The van der Waals surface area contributed by atoms with Crippen LogP contribution in [0.5, 0.6) is 0 Å². The van der Waals surface area contributed by atoms with Gasteiger partial charge in [0.1, 0.15) is 0 Å². The van der Waals surface area contributed by atoms with Crippen LogP contribution in [0.4, 0.5) is 13.2 Å². The largest absolute Gasteiger partial charge is 0.415 e. The fraction of sp³-hybridized carbons (Fsp3) is 1.00. The smallest absolute Gasteiger partial charge is 0.382 e. The van der Waals surface area contributed by atoms with Crippen molar-refractivity contribution in [3.63, 3.8) is 0 Å². The highest BCUT2D eigenvalue weighted by Gasteiger charge is 2.41. The topological polar surface area (TPSA) is 41.5 Å². The van der Waals surface area contributed by atoms with Crippen molar-refractivity contribution in [2.75, 3.05) is 13.2 Å². The summed E-state index contributed by atoms with van der Waals surface area (Å²) >= 11 is 0. The van der Waals surface area contributed by atoms with Gasteiger partial charge >= 0.3 is 6.18 Å². The van der Waals surface area contributed by atoms with Gasteiger partial charge in [-0.3, -0.25) is 0 Å². The molecule has 2 fully saturated rings. The first-order valence-electron chi connectivity index (χ1n) is 6.53. The average Bonchev–Trinajstić information content (AvgIpc) is 2.73. The van der Waals surface area contributed by atoms with Crippen molar-refractivity contribution in [1.29, 1.82) is 0 Å². The predicted molar refractivity (Wildman–Crippen MR) is 60.2 cm³/mol. The fourth-order valence-electron chi connectivity index (χ4n) is 2.96. The number of hydrogen-bond acceptors (Lipinski definition) is 3. The Bertz CT molecular complexity index is 277. The molecule has 1 saturated carbocycles. The van der Waals surface area contributed by atoms with Crippen molar-refractivity contribution >= 4 is 0 Å². The molecule has 2 rings (SSSR count). The lowest BCUT2D eigenvalue weighted by Crippen LogP contribution is -2.49. The van der Waals surface area contributed by atoms with Crippen molar-refractivity contribution in [3.8, 4) is 0 Å². The van der Waals surface area contributed by atoms with Gasteiger partial charge in [0.25, 0.3) is 0 Å². The zero-order valence-electron chi connectivity index (χ0n) is 10.3. The number of hydrogen-bond donors (Lipinski definition) is 2. The molecule has 1 aliphatic heterocycles. The number of rotatable bonds is 3. The van der Waals surface area contributed by atoms with Crippen LogP contribution in [0, 0.1) is 0 Å². The first-order chi connectivity index (χ1) is 8.41. The Hall–Kier alpha value is -0.330. The zero-order valence-corrected chi connectivity index (χ0v) is 10.3. The van der Waals surface area contributed by atoms with Gasteiger partial charge in [-0.05, 0) is 25.7 Å². The quantitative estimate of drug-likeness (QED) is 0.821. The summed E-state index contributed by atoms with van der Waals surface area (Å²) in [5.74, 6) is 0. The Kier molecular flexibility index (Phi) is 4.18. The van der Waals surface area contributed by atoms with E-state index in [0.29, 0.717) is 13.0 Å². The van der Waals surface area contributed by atoms with E-state index < -0.39 is 18.8 Å². The summed E-state index contributed by atoms with van der Waals surface area (Å²) < 4.78 is 42.4. The molecule has 0 radical (unpaired) electrons. The van der Waals surface area contributed by atoms with Gasteiger partial charge in [0, 0.05) is 19.2 Å². The van der Waals surface area contributed by atoms with E-state index in [4.69, 9.17) is 9.84 Å². The molecule has 1 heterocycles. The van der Waals surface area contributed by atoms with Crippen LogP contribution in [-0.2, 0) is 4.74 Å². The van der Waals surface area contributed by atoms with Gasteiger partial charge in [0.15, 0.2) is 6.10 Å². The molecule has 0 aromatic carbocycles. The summed E-state index contributed by atoms with van der Waals surface area (Å²) in [6.07, 6.45) is -1.05. The third-order valence-corrected chi connectivity index (χ3v) is 3.99. The van der Waals surface area contributed by atoms with Gasteiger partial charge in [-0.25, -0.2) is 0 Å². The van der Waals surface area contributed by atoms with Gasteiger partial charge in [0.2, 0.25) is 0 Å². The number of alkyl halides is 3. The van der Waals surface area contributed by atoms with Crippen LogP contribution in [0.15, 0.2) is 0 Å². The maximum atomic E-state index is 12.2. The van der Waals surface area contributed by atoms with Crippen LogP contribution >= 0.6 is 0 Å². The van der Waals surface area contributed by atoms with Crippen LogP contribution in [-0.4, -0.2) is 42.2 Å². The molecule has 6 heteroatoms. The molecule has 1 spiro atoms. The number of aliphatic hydroxyl groups is 1. The first-order valence-corrected chi connectivity index (χ1v) is 6.53. The Labute approximate surface area is 105 Å². The molecular weight excluding hydrogens is 247 g/mol. The third-order valence-electron chi connectivity index (χ3n) is 3.99. The third kappa shape index (κ3) is 3.36. The minimum absolute atomic E-state index is 0.0221. The minimum Gasteiger partial charge on any atom is -0.382 e. The van der Waals surface area contributed by atoms with E-state index in [2.05, 4.69) is 5.32 Å². The van der Waals surface area contributed by atoms with Gasteiger partial charge < -0.3 is 15.2 Å². The summed E-state index contributed by atoms with van der Waals surface area (Å²) in [5, 5.41) is 11.8. The SMILES string of the molecule is OC(CNC1CCOC2(CCCC2)C1)C(F)(F)F. The molecule has 0 amide bonds. The van der Waals surface area contributed by atoms with Crippen LogP contribution < -0.4 is 5.32 Å². The number of nitrogens with one attached hydrogen (secondary N) is 1. The highest BCUT2D eigenvalue weighted by molar-refractivity contribution is 4.93. The van der Waals surface area contributed by atoms with Gasteiger partial charge in [-0.15, -0.1) is 0 Å². The van der Waals surface area contributed by atoms with Crippen molar-refractivity contribution in [2.24, 2.45) is 0 Å². The summed E-state index contributed by atoms with van der Waals surface area (Å²) in [6.45, 7) is 0.171. The van der Waals surface area contributed by atoms with E-state index in [1.54, 1.807) is 0 Å². The van der Waals surface area contributed by atoms with Crippen LogP contribution in [0.25, 0.3) is 0 Å². The lowest BCUT2D eigenvalue weighted by atomic mass is 9.89. The second kappa shape index (κ2) is 5.35. The van der Waals surface area contributed by atoms with Crippen LogP contribution in [0.3, 0.4) is 0 Å². The van der Waals surface area contributed by atoms with Crippen molar-refractivity contribution in [1.82, 2.24) is 5.32 Å². The molecule has 2 atom stereocenters. The van der Waals surface area contributed by atoms with Crippen molar-refractivity contribution in [3.05, 3.63) is 0 Å². The molecule has 0 bridgehead atoms. The molecule has 18 heavy (non-hydrogen) atoms. The maximum absolute atomic E-state index is 12.2. The lowest BCUT2D eigenvalue weighted by molar-refractivity contribution is -0.202. The summed E-state index contributed by atoms with van der Waals surface area (Å²) in [5.41, 5.74) is -0.112. The Morgan fingerprint density at radius 2 is 2.00 bits per heavy atom. The average molecular weight is 267 g/mol. The van der Waals surface area contributed by atoms with Gasteiger partial charge in [0.05, 0.1) is 5.60 Å². The first kappa shape index (κ1) is 14.1. The molecule has 2 unspecified atom stereocenters. The fourth-order valence-corrected chi connectivity index (χ4v) is 2.96. The highest BCUT2D eigenvalue weighted by Crippen LogP contribution is 2.39. The van der Waals surface area contributed by atoms with Crippen LogP contribution in [0.2, 0.25) is 0 Å². The van der Waals surface area contributed by atoms with Crippen molar-refractivity contribution in [2.45, 2.75) is 62.4 Å². The minimum atomic E-state index is -4.54. The zero-order chi connectivity index (χ0) is 13.2. The number of halogens is 3. The van der Waals surface area contributed by atoms with E-state index in [0.717, 1.165) is 32.1 Å². The molecule has 0 aromatic rings. The van der Waals surface area contributed by atoms with Crippen molar-refractivity contribution < 1.29 is 23.0 Å². The molecule has 0 aromatic heterocycles. The summed E-state index contributed by atoms with van der Waals surface area (Å²) in [7, 11) is 0.